The van der Waals surface area contributed by atoms with E-state index in [0.717, 1.165) is 0 Å². The summed E-state index contributed by atoms with van der Waals surface area (Å²) in [7, 11) is 0. The summed E-state index contributed by atoms with van der Waals surface area (Å²) in [4.78, 5) is 14.5. The van der Waals surface area contributed by atoms with Gasteiger partial charge in [-0.15, -0.1) is 12.4 Å². The number of primary amides is 1. The molecule has 0 unspecified atom stereocenters. The molecule has 66 valence electrons. The molecule has 0 aliphatic carbocycles. The zero-order valence-corrected chi connectivity index (χ0v) is 7.17. The molecule has 1 amide bonds. The number of hydrogen-bond acceptors (Lipinski definition) is 3. The van der Waals surface area contributed by atoms with Crippen LogP contribution in [0.5, 0.6) is 0 Å². The summed E-state index contributed by atoms with van der Waals surface area (Å²) in [5.41, 5.74) is 11.4. The van der Waals surface area contributed by atoms with Crippen LogP contribution in [-0.2, 0) is 6.54 Å². The van der Waals surface area contributed by atoms with E-state index >= 15 is 0 Å². The van der Waals surface area contributed by atoms with Crippen LogP contribution in [0.4, 0.5) is 0 Å². The van der Waals surface area contributed by atoms with Crippen molar-refractivity contribution >= 4 is 18.3 Å². The van der Waals surface area contributed by atoms with E-state index in [-0.39, 0.29) is 12.4 Å². The number of rotatable bonds is 2. The molecule has 5 heteroatoms. The van der Waals surface area contributed by atoms with Crippen LogP contribution in [0.2, 0.25) is 0 Å². The van der Waals surface area contributed by atoms with Crippen molar-refractivity contribution in [1.82, 2.24) is 4.98 Å². The summed E-state index contributed by atoms with van der Waals surface area (Å²) < 4.78 is 0. The Morgan fingerprint density at radius 3 is 2.75 bits per heavy atom. The fourth-order valence-corrected chi connectivity index (χ4v) is 0.743. The van der Waals surface area contributed by atoms with E-state index < -0.39 is 5.91 Å². The van der Waals surface area contributed by atoms with E-state index in [4.69, 9.17) is 11.5 Å². The van der Waals surface area contributed by atoms with Gasteiger partial charge in [-0.3, -0.25) is 9.78 Å². The van der Waals surface area contributed by atoms with Crippen molar-refractivity contribution in [2.45, 2.75) is 6.54 Å². The minimum atomic E-state index is -0.456. The lowest BCUT2D eigenvalue weighted by molar-refractivity contribution is 0.1000. The first-order valence-electron chi connectivity index (χ1n) is 3.19. The largest absolute Gasteiger partial charge is 0.366 e. The van der Waals surface area contributed by atoms with Crippen LogP contribution in [0.3, 0.4) is 0 Å². The van der Waals surface area contributed by atoms with Gasteiger partial charge in [-0.05, 0) is 12.1 Å². The number of carbonyl (C=O) groups is 1. The maximum Gasteiger partial charge on any atom is 0.248 e. The molecular formula is C7H10ClN3O. The highest BCUT2D eigenvalue weighted by atomic mass is 35.5. The lowest BCUT2D eigenvalue weighted by Crippen LogP contribution is -2.12. The van der Waals surface area contributed by atoms with Gasteiger partial charge in [0.15, 0.2) is 0 Å². The van der Waals surface area contributed by atoms with Gasteiger partial charge in [0.2, 0.25) is 5.91 Å². The third-order valence-corrected chi connectivity index (χ3v) is 1.31. The number of carbonyl (C=O) groups excluding carboxylic acids is 1. The molecule has 0 saturated heterocycles. The molecule has 1 rings (SSSR count). The Balaban J connectivity index is 0.00000121. The average Bonchev–Trinajstić information content (AvgIpc) is 2.05. The third kappa shape index (κ3) is 2.48. The number of nitrogens with zero attached hydrogens (tertiary/aromatic N) is 1. The number of hydrogen-bond donors (Lipinski definition) is 2. The highest BCUT2D eigenvalue weighted by Gasteiger charge is 1.99. The third-order valence-electron chi connectivity index (χ3n) is 1.31. The summed E-state index contributed by atoms with van der Waals surface area (Å²) in [6.07, 6.45) is 1.52. The van der Waals surface area contributed by atoms with E-state index in [1.165, 1.54) is 6.20 Å². The van der Waals surface area contributed by atoms with Crippen LogP contribution in [0, 0.1) is 0 Å². The van der Waals surface area contributed by atoms with Gasteiger partial charge in [0, 0.05) is 18.3 Å². The molecule has 12 heavy (non-hydrogen) atoms. The predicted molar refractivity (Wildman–Crippen MR) is 47.9 cm³/mol. The smallest absolute Gasteiger partial charge is 0.248 e. The Kier molecular flexibility index (Phi) is 4.25. The number of nitrogens with two attached hydrogens (primary N) is 2. The first kappa shape index (κ1) is 10.9. The summed E-state index contributed by atoms with van der Waals surface area (Å²) >= 11 is 0. The van der Waals surface area contributed by atoms with Crippen molar-refractivity contribution in [1.29, 1.82) is 0 Å². The lowest BCUT2D eigenvalue weighted by Gasteiger charge is -1.97. The molecule has 0 atom stereocenters. The van der Waals surface area contributed by atoms with Crippen LogP contribution >= 0.6 is 12.4 Å². The molecule has 0 aromatic carbocycles. The van der Waals surface area contributed by atoms with Gasteiger partial charge in [-0.25, -0.2) is 0 Å². The molecule has 4 nitrogen and oxygen atoms in total. The van der Waals surface area contributed by atoms with Gasteiger partial charge in [-0.1, -0.05) is 0 Å². The molecule has 1 heterocycles. The van der Waals surface area contributed by atoms with Gasteiger partial charge < -0.3 is 11.5 Å². The second-order valence-corrected chi connectivity index (χ2v) is 2.10. The standard InChI is InChI=1S/C7H9N3O.ClH/c8-4-6-3-5(7(9)11)1-2-10-6;/h1-3H,4,8H2,(H2,9,11);1H. The summed E-state index contributed by atoms with van der Waals surface area (Å²) in [6.45, 7) is 0.321. The minimum Gasteiger partial charge on any atom is -0.366 e. The normalized spacial score (nSPS) is 8.75. The SMILES string of the molecule is Cl.NCc1cc(C(N)=O)ccn1. The molecule has 4 N–H and O–H groups in total. The monoisotopic (exact) mass is 187 g/mol. The highest BCUT2D eigenvalue weighted by molar-refractivity contribution is 5.92. The Morgan fingerprint density at radius 1 is 1.58 bits per heavy atom. The van der Waals surface area contributed by atoms with Crippen molar-refractivity contribution in [3.05, 3.63) is 29.6 Å². The van der Waals surface area contributed by atoms with E-state index in [2.05, 4.69) is 4.98 Å². The summed E-state index contributed by atoms with van der Waals surface area (Å²) in [5.74, 6) is -0.456. The topological polar surface area (TPSA) is 82.0 Å². The van der Waals surface area contributed by atoms with Crippen LogP contribution < -0.4 is 11.5 Å². The van der Waals surface area contributed by atoms with Gasteiger partial charge in [0.1, 0.15) is 0 Å². The number of amides is 1. The first-order valence-corrected chi connectivity index (χ1v) is 3.19. The molecule has 0 aliphatic rings. The second-order valence-electron chi connectivity index (χ2n) is 2.10. The predicted octanol–water partition coefficient (Wildman–Crippen LogP) is 0.0610. The second kappa shape index (κ2) is 4.69. The minimum absolute atomic E-state index is 0. The van der Waals surface area contributed by atoms with Crippen LogP contribution in [0.15, 0.2) is 18.3 Å². The van der Waals surface area contributed by atoms with Crippen LogP contribution in [0.1, 0.15) is 16.1 Å². The molecule has 0 saturated carbocycles. The Morgan fingerprint density at radius 2 is 2.25 bits per heavy atom. The molecular weight excluding hydrogens is 178 g/mol. The van der Waals surface area contributed by atoms with Gasteiger partial charge in [0.05, 0.1) is 5.69 Å². The maximum absolute atomic E-state index is 10.6. The van der Waals surface area contributed by atoms with Gasteiger partial charge in [0.25, 0.3) is 0 Å². The van der Waals surface area contributed by atoms with Crippen LogP contribution in [-0.4, -0.2) is 10.9 Å². The molecule has 1 aromatic heterocycles. The maximum atomic E-state index is 10.6. The zero-order chi connectivity index (χ0) is 8.27. The fraction of sp³-hybridized carbons (Fsp3) is 0.143. The Labute approximate surface area is 76.4 Å². The van der Waals surface area contributed by atoms with Crippen molar-refractivity contribution in [3.63, 3.8) is 0 Å². The highest BCUT2D eigenvalue weighted by Crippen LogP contribution is 1.99. The lowest BCUT2D eigenvalue weighted by atomic mass is 10.2. The molecule has 0 aliphatic heterocycles. The summed E-state index contributed by atoms with van der Waals surface area (Å²) in [6, 6.07) is 3.14. The van der Waals surface area contributed by atoms with Gasteiger partial charge in [-0.2, -0.15) is 0 Å². The van der Waals surface area contributed by atoms with E-state index in [1.54, 1.807) is 12.1 Å². The molecule has 0 bridgehead atoms. The first-order chi connectivity index (χ1) is 5.24. The summed E-state index contributed by atoms with van der Waals surface area (Å²) in [5, 5.41) is 0. The van der Waals surface area contributed by atoms with E-state index in [1.807, 2.05) is 0 Å². The zero-order valence-electron chi connectivity index (χ0n) is 6.36. The number of aromatic nitrogens is 1. The van der Waals surface area contributed by atoms with Crippen molar-refractivity contribution in [3.8, 4) is 0 Å². The Bertz CT molecular complexity index is 277. The number of pyridine rings is 1. The van der Waals surface area contributed by atoms with Gasteiger partial charge >= 0.3 is 0 Å². The van der Waals surface area contributed by atoms with E-state index in [9.17, 15) is 4.79 Å². The molecule has 0 radical (unpaired) electrons. The molecule has 0 spiro atoms. The number of halogens is 1. The van der Waals surface area contributed by atoms with E-state index in [0.29, 0.717) is 17.8 Å². The molecule has 0 fully saturated rings. The average molecular weight is 188 g/mol. The van der Waals surface area contributed by atoms with Crippen molar-refractivity contribution in [2.75, 3.05) is 0 Å². The molecule has 1 aromatic rings. The van der Waals surface area contributed by atoms with Crippen molar-refractivity contribution in [2.24, 2.45) is 11.5 Å². The quantitative estimate of drug-likeness (QED) is 0.687. The Hall–Kier alpha value is -1.13. The fourth-order valence-electron chi connectivity index (χ4n) is 0.743. The van der Waals surface area contributed by atoms with Crippen LogP contribution in [0.25, 0.3) is 0 Å². The van der Waals surface area contributed by atoms with Crippen molar-refractivity contribution < 1.29 is 4.79 Å².